The summed E-state index contributed by atoms with van der Waals surface area (Å²) in [6, 6.07) is 18.6. The lowest BCUT2D eigenvalue weighted by atomic mass is 10.2. The van der Waals surface area contributed by atoms with Gasteiger partial charge in [-0.2, -0.15) is 5.10 Å². The van der Waals surface area contributed by atoms with Crippen LogP contribution in [0.15, 0.2) is 60.8 Å². The molecular weight excluding hydrogens is 222 g/mol. The van der Waals surface area contributed by atoms with Crippen molar-refractivity contribution in [3.05, 3.63) is 60.8 Å². The summed E-state index contributed by atoms with van der Waals surface area (Å²) < 4.78 is 1.94. The zero-order chi connectivity index (χ0) is 11.9. The number of aromatic amines is 1. The van der Waals surface area contributed by atoms with Crippen LogP contribution in [0.4, 0.5) is 0 Å². The van der Waals surface area contributed by atoms with Crippen LogP contribution in [0.3, 0.4) is 0 Å². The highest BCUT2D eigenvalue weighted by molar-refractivity contribution is 5.84. The summed E-state index contributed by atoms with van der Waals surface area (Å²) in [4.78, 5) is 3.39. The molecule has 4 rings (SSSR count). The third-order valence-electron chi connectivity index (χ3n) is 3.22. The number of benzene rings is 2. The maximum absolute atomic E-state index is 4.45. The minimum Gasteiger partial charge on any atom is -0.340 e. The number of nitrogens with zero attached hydrogens (tertiary/aromatic N) is 2. The lowest BCUT2D eigenvalue weighted by Crippen LogP contribution is -1.95. The van der Waals surface area contributed by atoms with Gasteiger partial charge >= 0.3 is 0 Å². The molecule has 0 aliphatic heterocycles. The monoisotopic (exact) mass is 233 g/mol. The molecule has 86 valence electrons. The van der Waals surface area contributed by atoms with Crippen LogP contribution in [0.1, 0.15) is 0 Å². The SMILES string of the molecule is c1ccc2[nH]c(-n3ncc4ccccc43)cc2c1. The first-order chi connectivity index (χ1) is 8.92. The molecule has 3 heteroatoms. The molecule has 18 heavy (non-hydrogen) atoms. The molecule has 0 aliphatic rings. The molecule has 4 aromatic rings. The molecule has 0 spiro atoms. The summed E-state index contributed by atoms with van der Waals surface area (Å²) in [5.41, 5.74) is 2.25. The third kappa shape index (κ3) is 1.27. The maximum atomic E-state index is 4.45. The van der Waals surface area contributed by atoms with Crippen LogP contribution in [-0.4, -0.2) is 14.8 Å². The summed E-state index contributed by atoms with van der Waals surface area (Å²) >= 11 is 0. The van der Waals surface area contributed by atoms with Crippen molar-refractivity contribution in [2.75, 3.05) is 0 Å². The van der Waals surface area contributed by atoms with E-state index in [2.05, 4.69) is 40.4 Å². The molecule has 0 radical (unpaired) electrons. The normalized spacial score (nSPS) is 11.3. The Labute approximate surface area is 104 Å². The summed E-state index contributed by atoms with van der Waals surface area (Å²) in [6.07, 6.45) is 1.89. The molecule has 2 heterocycles. The van der Waals surface area contributed by atoms with Gasteiger partial charge in [-0.05, 0) is 18.2 Å². The Morgan fingerprint density at radius 3 is 2.56 bits per heavy atom. The number of fused-ring (bicyclic) bond motifs is 2. The highest BCUT2D eigenvalue weighted by Crippen LogP contribution is 2.21. The first-order valence-corrected chi connectivity index (χ1v) is 5.93. The minimum absolute atomic E-state index is 0.998. The van der Waals surface area contributed by atoms with E-state index in [0.717, 1.165) is 22.2 Å². The molecule has 3 nitrogen and oxygen atoms in total. The number of hydrogen-bond acceptors (Lipinski definition) is 1. The second-order valence-corrected chi connectivity index (χ2v) is 4.36. The highest BCUT2D eigenvalue weighted by Gasteiger charge is 2.06. The van der Waals surface area contributed by atoms with Crippen LogP contribution < -0.4 is 0 Å². The molecule has 2 aromatic heterocycles. The van der Waals surface area contributed by atoms with Gasteiger partial charge in [-0.1, -0.05) is 36.4 Å². The molecule has 0 fully saturated rings. The average molecular weight is 233 g/mol. The van der Waals surface area contributed by atoms with E-state index in [1.807, 2.05) is 35.1 Å². The zero-order valence-corrected chi connectivity index (χ0v) is 9.67. The van der Waals surface area contributed by atoms with Gasteiger partial charge in [0, 0.05) is 16.3 Å². The minimum atomic E-state index is 0.998. The van der Waals surface area contributed by atoms with E-state index in [0.29, 0.717) is 0 Å². The smallest absolute Gasteiger partial charge is 0.133 e. The number of H-pyrrole nitrogens is 1. The first kappa shape index (κ1) is 9.48. The van der Waals surface area contributed by atoms with E-state index in [1.54, 1.807) is 0 Å². The topological polar surface area (TPSA) is 33.6 Å². The van der Waals surface area contributed by atoms with Crippen molar-refractivity contribution in [2.24, 2.45) is 0 Å². The Kier molecular flexibility index (Phi) is 1.83. The fourth-order valence-electron chi connectivity index (χ4n) is 2.34. The van der Waals surface area contributed by atoms with Crippen molar-refractivity contribution in [1.29, 1.82) is 0 Å². The van der Waals surface area contributed by atoms with Crippen LogP contribution in [0, 0.1) is 0 Å². The van der Waals surface area contributed by atoms with E-state index in [4.69, 9.17) is 0 Å². The van der Waals surface area contributed by atoms with Gasteiger partial charge in [0.25, 0.3) is 0 Å². The Bertz CT molecular complexity index is 806. The molecule has 0 saturated carbocycles. The number of hydrogen-bond donors (Lipinski definition) is 1. The van der Waals surface area contributed by atoms with Gasteiger partial charge in [-0.15, -0.1) is 0 Å². The van der Waals surface area contributed by atoms with Crippen molar-refractivity contribution in [2.45, 2.75) is 0 Å². The van der Waals surface area contributed by atoms with E-state index in [-0.39, 0.29) is 0 Å². The van der Waals surface area contributed by atoms with Crippen LogP contribution in [0.25, 0.3) is 27.6 Å². The fraction of sp³-hybridized carbons (Fsp3) is 0. The number of para-hydroxylation sites is 2. The third-order valence-corrected chi connectivity index (χ3v) is 3.22. The van der Waals surface area contributed by atoms with Crippen molar-refractivity contribution >= 4 is 21.8 Å². The number of rotatable bonds is 1. The van der Waals surface area contributed by atoms with Gasteiger partial charge in [-0.3, -0.25) is 0 Å². The lowest BCUT2D eigenvalue weighted by Gasteiger charge is -1.98. The van der Waals surface area contributed by atoms with Gasteiger partial charge < -0.3 is 4.98 Å². The van der Waals surface area contributed by atoms with Crippen LogP contribution in [0.5, 0.6) is 0 Å². The zero-order valence-electron chi connectivity index (χ0n) is 9.67. The second-order valence-electron chi connectivity index (χ2n) is 4.36. The van der Waals surface area contributed by atoms with Crippen LogP contribution >= 0.6 is 0 Å². The molecule has 0 unspecified atom stereocenters. The average Bonchev–Trinajstić information content (AvgIpc) is 3.02. The standard InChI is InChI=1S/C15H11N3/c1-3-7-13-11(5-1)9-15(17-13)18-14-8-4-2-6-12(14)10-16-18/h1-10,17H. The molecule has 0 bridgehead atoms. The highest BCUT2D eigenvalue weighted by atomic mass is 15.3. The quantitative estimate of drug-likeness (QED) is 0.536. The molecule has 0 aliphatic carbocycles. The van der Waals surface area contributed by atoms with E-state index >= 15 is 0 Å². The van der Waals surface area contributed by atoms with Crippen LogP contribution in [0.2, 0.25) is 0 Å². The lowest BCUT2D eigenvalue weighted by molar-refractivity contribution is 0.887. The van der Waals surface area contributed by atoms with Gasteiger partial charge in [-0.25, -0.2) is 4.68 Å². The number of aromatic nitrogens is 3. The Hall–Kier alpha value is -2.55. The van der Waals surface area contributed by atoms with Crippen molar-refractivity contribution in [3.63, 3.8) is 0 Å². The fourth-order valence-corrected chi connectivity index (χ4v) is 2.34. The Morgan fingerprint density at radius 2 is 1.67 bits per heavy atom. The molecule has 2 aromatic carbocycles. The second kappa shape index (κ2) is 3.47. The summed E-state index contributed by atoms with van der Waals surface area (Å²) in [6.45, 7) is 0. The molecule has 1 N–H and O–H groups in total. The van der Waals surface area contributed by atoms with Crippen molar-refractivity contribution in [1.82, 2.24) is 14.8 Å². The van der Waals surface area contributed by atoms with Gasteiger partial charge in [0.2, 0.25) is 0 Å². The van der Waals surface area contributed by atoms with E-state index in [9.17, 15) is 0 Å². The van der Waals surface area contributed by atoms with Gasteiger partial charge in [0.1, 0.15) is 5.82 Å². The van der Waals surface area contributed by atoms with Crippen molar-refractivity contribution in [3.8, 4) is 5.82 Å². The molecule has 0 atom stereocenters. The predicted octanol–water partition coefficient (Wildman–Crippen LogP) is 3.51. The summed E-state index contributed by atoms with van der Waals surface area (Å²) in [5, 5.41) is 6.80. The number of nitrogens with one attached hydrogen (secondary N) is 1. The van der Waals surface area contributed by atoms with Crippen molar-refractivity contribution < 1.29 is 0 Å². The van der Waals surface area contributed by atoms with E-state index < -0.39 is 0 Å². The van der Waals surface area contributed by atoms with E-state index in [1.165, 1.54) is 5.39 Å². The molecular formula is C15H11N3. The maximum Gasteiger partial charge on any atom is 0.133 e. The van der Waals surface area contributed by atoms with Crippen LogP contribution in [-0.2, 0) is 0 Å². The van der Waals surface area contributed by atoms with Gasteiger partial charge in [0.15, 0.2) is 0 Å². The largest absolute Gasteiger partial charge is 0.340 e. The predicted molar refractivity (Wildman–Crippen MR) is 72.9 cm³/mol. The summed E-state index contributed by atoms with van der Waals surface area (Å²) in [5.74, 6) is 0.998. The summed E-state index contributed by atoms with van der Waals surface area (Å²) in [7, 11) is 0. The Morgan fingerprint density at radius 1 is 0.889 bits per heavy atom. The van der Waals surface area contributed by atoms with Gasteiger partial charge in [0.05, 0.1) is 11.7 Å². The molecule has 0 amide bonds. The first-order valence-electron chi connectivity index (χ1n) is 5.93. The molecule has 0 saturated heterocycles. The Balaban J connectivity index is 2.01.